The molecule has 0 spiro atoms. The number of nitrogens with two attached hydrogens (primary N) is 4. The Morgan fingerprint density at radius 3 is 2.22 bits per heavy atom. The zero-order chi connectivity index (χ0) is 36.3. The molecule has 16 atom stereocenters. The Morgan fingerprint density at radius 1 is 0.900 bits per heavy atom. The summed E-state index contributed by atoms with van der Waals surface area (Å²) in [5, 5.41) is 81.9. The molecule has 5 rings (SSSR count). The van der Waals surface area contributed by atoms with Gasteiger partial charge in [-0.1, -0.05) is 0 Å². The van der Waals surface area contributed by atoms with Crippen molar-refractivity contribution in [2.45, 2.75) is 116 Å². The van der Waals surface area contributed by atoms with Crippen molar-refractivity contribution in [1.29, 1.82) is 0 Å². The van der Waals surface area contributed by atoms with Gasteiger partial charge >= 0.3 is 0 Å². The van der Waals surface area contributed by atoms with Crippen molar-refractivity contribution in [3.8, 4) is 0 Å². The van der Waals surface area contributed by atoms with Gasteiger partial charge in [0.15, 0.2) is 18.2 Å². The summed E-state index contributed by atoms with van der Waals surface area (Å²) in [7, 11) is 0. The van der Waals surface area contributed by atoms with E-state index < -0.39 is 116 Å². The number of carbonyl (C=O) groups is 1. The van der Waals surface area contributed by atoms with Gasteiger partial charge in [0.25, 0.3) is 5.91 Å². The van der Waals surface area contributed by atoms with Crippen molar-refractivity contribution < 1.29 is 69.0 Å². The van der Waals surface area contributed by atoms with Crippen LogP contribution in [0.1, 0.15) is 12.8 Å². The second kappa shape index (κ2) is 17.0. The lowest BCUT2D eigenvalue weighted by Crippen LogP contribution is -2.71. The lowest BCUT2D eigenvalue weighted by atomic mass is 9.83. The number of hydrogen-bond donors (Lipinski definition) is 14. The number of aliphatic hydroxyl groups is 7. The van der Waals surface area contributed by atoms with Crippen LogP contribution in [-0.4, -0.2) is 191 Å². The van der Waals surface area contributed by atoms with E-state index in [0.717, 1.165) is 0 Å². The van der Waals surface area contributed by atoms with Crippen LogP contribution in [0.15, 0.2) is 11.8 Å². The number of ether oxygens (including phenoxy) is 6. The Balaban J connectivity index is 1.34. The molecule has 18 N–H and O–H groups in total. The molecule has 1 amide bonds. The fourth-order valence-electron chi connectivity index (χ4n) is 6.60. The third kappa shape index (κ3) is 8.40. The average Bonchev–Trinajstić information content (AvgIpc) is 3.38. The second-order valence-corrected chi connectivity index (χ2v) is 13.4. The highest BCUT2D eigenvalue weighted by Crippen LogP contribution is 2.34. The molecule has 21 nitrogen and oxygen atoms in total. The fraction of sp³-hybridized carbons (Fsp3) is 0.897. The molecule has 5 aliphatic rings. The highest BCUT2D eigenvalue weighted by molar-refractivity contribution is 5.87. The average molecular weight is 724 g/mol. The minimum absolute atomic E-state index is 0.0156. The predicted octanol–water partition coefficient (Wildman–Crippen LogP) is -8.60. The third-order valence-electron chi connectivity index (χ3n) is 9.74. The largest absolute Gasteiger partial charge is 0.467 e. The Bertz CT molecular complexity index is 1160. The molecule has 4 fully saturated rings. The van der Waals surface area contributed by atoms with Gasteiger partial charge in [0.1, 0.15) is 60.7 Å². The van der Waals surface area contributed by atoms with E-state index in [1.165, 1.54) is 0 Å². The van der Waals surface area contributed by atoms with E-state index in [1.807, 2.05) is 0 Å². The summed E-state index contributed by atoms with van der Waals surface area (Å²) in [5.74, 6) is -0.232. The highest BCUT2D eigenvalue weighted by atomic mass is 16.8. The molecule has 0 radical (unpaired) electrons. The SMILES string of the molecule is NC[C@@H]1O[C@H](O[C@H]2[C@@H](O)[C@H](O[C@@H]3[C@@H](O)[C@H](NC(=O)C4(O)CNC4)C[C@H](N)[C@H]3O[C@H]3OC(CNCCO)=CC[C@H]3N)O[C@@H]2CO)[C@H](N)[C@@H](O)[C@@H]1O. The first kappa shape index (κ1) is 39.5. The van der Waals surface area contributed by atoms with Crippen molar-refractivity contribution in [2.24, 2.45) is 22.9 Å². The van der Waals surface area contributed by atoms with Gasteiger partial charge in [-0.2, -0.15) is 0 Å². The molecule has 0 aromatic heterocycles. The molecule has 0 bridgehead atoms. The van der Waals surface area contributed by atoms with Crippen molar-refractivity contribution in [3.05, 3.63) is 11.8 Å². The fourth-order valence-corrected chi connectivity index (χ4v) is 6.60. The van der Waals surface area contributed by atoms with Crippen LogP contribution in [0.2, 0.25) is 0 Å². The molecule has 288 valence electrons. The van der Waals surface area contributed by atoms with Crippen LogP contribution in [0, 0.1) is 0 Å². The third-order valence-corrected chi connectivity index (χ3v) is 9.74. The van der Waals surface area contributed by atoms with E-state index in [0.29, 0.717) is 18.7 Å². The molecule has 4 heterocycles. The quantitative estimate of drug-likeness (QED) is 0.0740. The minimum Gasteiger partial charge on any atom is -0.467 e. The van der Waals surface area contributed by atoms with Gasteiger partial charge in [-0.3, -0.25) is 4.79 Å². The monoisotopic (exact) mass is 723 g/mol. The van der Waals surface area contributed by atoms with Crippen molar-refractivity contribution in [1.82, 2.24) is 16.0 Å². The number of aliphatic hydroxyl groups excluding tert-OH is 6. The Hall–Kier alpha value is -1.71. The van der Waals surface area contributed by atoms with E-state index in [4.69, 9.17) is 56.5 Å². The summed E-state index contributed by atoms with van der Waals surface area (Å²) in [6.45, 7) is -0.295. The van der Waals surface area contributed by atoms with E-state index in [-0.39, 0.29) is 39.2 Å². The van der Waals surface area contributed by atoms with Gasteiger partial charge < -0.3 is 103 Å². The Morgan fingerprint density at radius 2 is 1.58 bits per heavy atom. The van der Waals surface area contributed by atoms with E-state index >= 15 is 0 Å². The summed E-state index contributed by atoms with van der Waals surface area (Å²) in [5.41, 5.74) is 22.9. The Kier molecular flexibility index (Phi) is 13.4. The number of carbonyl (C=O) groups excluding carboxylic acids is 1. The smallest absolute Gasteiger partial charge is 0.254 e. The zero-order valence-corrected chi connectivity index (χ0v) is 27.5. The maximum Gasteiger partial charge on any atom is 0.254 e. The Labute approximate surface area is 288 Å². The summed E-state index contributed by atoms with van der Waals surface area (Å²) >= 11 is 0. The normalized spacial score (nSPS) is 44.6. The molecular formula is C29H53N7O14. The first-order chi connectivity index (χ1) is 23.8. The standard InChI is InChI=1S/C29H53N7O14/c30-6-15-19(40)20(41)17(33)26(46-15)49-23-16(8-38)47-27(21(23)42)50-24-18(39)14(36-28(43)29(44)9-35-10-29)5-13(32)22(24)48-25-12(31)2-1-11(45-25)7-34-3-4-37/h1,12-27,34-35,37-42,44H,2-10,30-33H2,(H,36,43)/t12-,13+,14-,15+,16-,17-,18+,19-,20-,21-,22-,23-,24-,25-,26-,27+/m1/s1. The van der Waals surface area contributed by atoms with E-state index in [1.54, 1.807) is 6.08 Å². The van der Waals surface area contributed by atoms with Gasteiger partial charge in [0.05, 0.1) is 37.9 Å². The van der Waals surface area contributed by atoms with Crippen molar-refractivity contribution in [3.63, 3.8) is 0 Å². The molecule has 0 unspecified atom stereocenters. The lowest BCUT2D eigenvalue weighted by molar-refractivity contribution is -0.282. The first-order valence-electron chi connectivity index (χ1n) is 16.8. The van der Waals surface area contributed by atoms with Crippen LogP contribution in [0.5, 0.6) is 0 Å². The molecule has 21 heteroatoms. The van der Waals surface area contributed by atoms with Crippen molar-refractivity contribution in [2.75, 3.05) is 45.9 Å². The topological polar surface area (TPSA) is 354 Å². The molecule has 4 aliphatic heterocycles. The van der Waals surface area contributed by atoms with Gasteiger partial charge in [0, 0.05) is 32.2 Å². The first-order valence-corrected chi connectivity index (χ1v) is 16.8. The van der Waals surface area contributed by atoms with Crippen LogP contribution in [0.3, 0.4) is 0 Å². The maximum absolute atomic E-state index is 12.9. The molecule has 50 heavy (non-hydrogen) atoms. The molecular weight excluding hydrogens is 670 g/mol. The summed E-state index contributed by atoms with van der Waals surface area (Å²) < 4.78 is 35.7. The number of rotatable bonds is 14. The van der Waals surface area contributed by atoms with Gasteiger partial charge in [0.2, 0.25) is 6.29 Å². The molecule has 1 saturated carbocycles. The van der Waals surface area contributed by atoms with Gasteiger partial charge in [-0.25, -0.2) is 0 Å². The molecule has 0 aromatic carbocycles. The summed E-state index contributed by atoms with van der Waals surface area (Å²) in [4.78, 5) is 12.9. The second-order valence-electron chi connectivity index (χ2n) is 13.4. The van der Waals surface area contributed by atoms with Crippen LogP contribution in [-0.2, 0) is 33.2 Å². The van der Waals surface area contributed by atoms with Crippen LogP contribution in [0.4, 0.5) is 0 Å². The zero-order valence-electron chi connectivity index (χ0n) is 27.5. The number of nitrogens with one attached hydrogen (secondary N) is 3. The summed E-state index contributed by atoms with van der Waals surface area (Å²) in [6, 6.07) is -3.89. The highest BCUT2D eigenvalue weighted by Gasteiger charge is 2.55. The lowest BCUT2D eigenvalue weighted by Gasteiger charge is -2.47. The van der Waals surface area contributed by atoms with Crippen LogP contribution in [0.25, 0.3) is 0 Å². The van der Waals surface area contributed by atoms with E-state index in [9.17, 15) is 35.4 Å². The predicted molar refractivity (Wildman–Crippen MR) is 168 cm³/mol. The maximum atomic E-state index is 12.9. The van der Waals surface area contributed by atoms with Gasteiger partial charge in [-0.15, -0.1) is 0 Å². The molecule has 0 aromatic rings. The molecule has 3 saturated heterocycles. The van der Waals surface area contributed by atoms with Crippen LogP contribution < -0.4 is 38.9 Å². The van der Waals surface area contributed by atoms with Crippen molar-refractivity contribution >= 4 is 5.91 Å². The van der Waals surface area contributed by atoms with Crippen LogP contribution >= 0.6 is 0 Å². The molecule has 1 aliphatic carbocycles. The van der Waals surface area contributed by atoms with E-state index in [2.05, 4.69) is 16.0 Å². The minimum atomic E-state index is -1.68. The number of hydrogen-bond acceptors (Lipinski definition) is 20. The summed E-state index contributed by atoms with van der Waals surface area (Å²) in [6.07, 6.45) is -14.1. The number of β-amino-alcohol motifs (C(OH)–C–C–N with tert-alkyl or cyclic N) is 1. The van der Waals surface area contributed by atoms with Gasteiger partial charge in [-0.05, 0) is 18.9 Å². The number of amides is 1.